The average Bonchev–Trinajstić information content (AvgIpc) is 2.65. The highest BCUT2D eigenvalue weighted by molar-refractivity contribution is 5.89. The summed E-state index contributed by atoms with van der Waals surface area (Å²) in [5, 5.41) is 14.6. The molecule has 0 unspecified atom stereocenters. The highest BCUT2D eigenvalue weighted by atomic mass is 16.4. The molecule has 0 aliphatic carbocycles. The zero-order chi connectivity index (χ0) is 10.8. The first-order valence-corrected chi connectivity index (χ1v) is 4.60. The Kier molecular flexibility index (Phi) is 2.29. The van der Waals surface area contributed by atoms with E-state index < -0.39 is 5.97 Å². The van der Waals surface area contributed by atoms with Gasteiger partial charge in [0.1, 0.15) is 5.84 Å². The van der Waals surface area contributed by atoms with E-state index in [1.165, 1.54) is 0 Å². The molecule has 2 rings (SSSR count). The van der Waals surface area contributed by atoms with Crippen molar-refractivity contribution in [3.05, 3.63) is 29.8 Å². The first-order chi connectivity index (χ1) is 7.16. The Morgan fingerprint density at radius 2 is 2.33 bits per heavy atom. The van der Waals surface area contributed by atoms with Gasteiger partial charge in [0.15, 0.2) is 0 Å². The highest BCUT2D eigenvalue weighted by Gasteiger charge is 2.14. The Bertz CT molecular complexity index is 428. The van der Waals surface area contributed by atoms with Crippen LogP contribution in [0.2, 0.25) is 0 Å². The van der Waals surface area contributed by atoms with Crippen LogP contribution in [0.3, 0.4) is 0 Å². The fourth-order valence-electron chi connectivity index (χ4n) is 1.46. The van der Waals surface area contributed by atoms with Crippen molar-refractivity contribution in [3.8, 4) is 0 Å². The topological polar surface area (TPSA) is 78.9 Å². The molecule has 1 aromatic carbocycles. The quantitative estimate of drug-likeness (QED) is 0.750. The molecule has 0 bridgehead atoms. The van der Waals surface area contributed by atoms with E-state index in [1.54, 1.807) is 23.2 Å². The average molecular weight is 205 g/mol. The minimum atomic E-state index is -0.937. The highest BCUT2D eigenvalue weighted by Crippen LogP contribution is 2.19. The molecule has 0 saturated heterocycles. The molecule has 5 nitrogen and oxygen atoms in total. The third-order valence-corrected chi connectivity index (χ3v) is 2.22. The summed E-state index contributed by atoms with van der Waals surface area (Å²) in [5.74, 6) is -0.358. The summed E-state index contributed by atoms with van der Waals surface area (Å²) in [6.45, 7) is 0.703. The van der Waals surface area contributed by atoms with Crippen LogP contribution >= 0.6 is 0 Å². The maximum Gasteiger partial charge on any atom is 0.335 e. The number of anilines is 1. The maximum atomic E-state index is 10.8. The molecule has 1 aromatic rings. The van der Waals surface area contributed by atoms with Gasteiger partial charge in [0.25, 0.3) is 0 Å². The van der Waals surface area contributed by atoms with Crippen LogP contribution in [-0.2, 0) is 0 Å². The van der Waals surface area contributed by atoms with Crippen molar-refractivity contribution in [1.82, 2.24) is 0 Å². The number of nitrogens with two attached hydrogens (primary N) is 1. The summed E-state index contributed by atoms with van der Waals surface area (Å²) in [6.07, 6.45) is 0.720. The summed E-state index contributed by atoms with van der Waals surface area (Å²) < 4.78 is 0. The summed E-state index contributed by atoms with van der Waals surface area (Å²) >= 11 is 0. The first kappa shape index (κ1) is 9.51. The van der Waals surface area contributed by atoms with Crippen LogP contribution in [0.25, 0.3) is 0 Å². The summed E-state index contributed by atoms with van der Waals surface area (Å²) in [6, 6.07) is 6.65. The SMILES string of the molecule is NC1=NN(c2cccc(C(=O)O)c2)CC1. The van der Waals surface area contributed by atoms with Crippen molar-refractivity contribution in [2.45, 2.75) is 6.42 Å². The number of benzene rings is 1. The van der Waals surface area contributed by atoms with Gasteiger partial charge in [0.05, 0.1) is 11.3 Å². The predicted octanol–water partition coefficient (Wildman–Crippen LogP) is 0.867. The van der Waals surface area contributed by atoms with Crippen molar-refractivity contribution < 1.29 is 9.90 Å². The van der Waals surface area contributed by atoms with Gasteiger partial charge in [-0.15, -0.1) is 0 Å². The van der Waals surface area contributed by atoms with Gasteiger partial charge < -0.3 is 10.8 Å². The molecule has 3 N–H and O–H groups in total. The molecule has 0 spiro atoms. The third kappa shape index (κ3) is 1.90. The number of carboxylic acid groups (broad SMARTS) is 1. The second kappa shape index (κ2) is 3.61. The Balaban J connectivity index is 2.29. The van der Waals surface area contributed by atoms with Gasteiger partial charge in [0, 0.05) is 13.0 Å². The second-order valence-electron chi connectivity index (χ2n) is 3.32. The standard InChI is InChI=1S/C10H11N3O2/c11-9-4-5-13(12-9)8-3-1-2-7(6-8)10(14)15/h1-3,6H,4-5H2,(H2,11,12)(H,14,15). The monoisotopic (exact) mass is 205 g/mol. The van der Waals surface area contributed by atoms with E-state index in [0.717, 1.165) is 12.1 Å². The molecule has 0 atom stereocenters. The number of carboxylic acids is 1. The number of hydrogen-bond donors (Lipinski definition) is 2. The molecule has 0 fully saturated rings. The maximum absolute atomic E-state index is 10.8. The summed E-state index contributed by atoms with van der Waals surface area (Å²) in [7, 11) is 0. The lowest BCUT2D eigenvalue weighted by Crippen LogP contribution is -2.12. The van der Waals surface area contributed by atoms with Gasteiger partial charge in [-0.2, -0.15) is 5.10 Å². The minimum Gasteiger partial charge on any atom is -0.478 e. The van der Waals surface area contributed by atoms with Crippen LogP contribution in [0.15, 0.2) is 29.4 Å². The largest absolute Gasteiger partial charge is 0.478 e. The predicted molar refractivity (Wildman–Crippen MR) is 57.0 cm³/mol. The molecule has 1 heterocycles. The van der Waals surface area contributed by atoms with E-state index in [-0.39, 0.29) is 5.56 Å². The molecule has 5 heteroatoms. The number of carbonyl (C=O) groups is 1. The van der Waals surface area contributed by atoms with Crippen LogP contribution in [0.5, 0.6) is 0 Å². The van der Waals surface area contributed by atoms with Gasteiger partial charge in [0.2, 0.25) is 0 Å². The van der Waals surface area contributed by atoms with Gasteiger partial charge in [-0.25, -0.2) is 4.79 Å². The van der Waals surface area contributed by atoms with E-state index in [0.29, 0.717) is 12.4 Å². The third-order valence-electron chi connectivity index (χ3n) is 2.22. The zero-order valence-electron chi connectivity index (χ0n) is 8.05. The van der Waals surface area contributed by atoms with Crippen LogP contribution < -0.4 is 10.7 Å². The van der Waals surface area contributed by atoms with Crippen molar-refractivity contribution in [2.24, 2.45) is 10.8 Å². The fraction of sp³-hybridized carbons (Fsp3) is 0.200. The van der Waals surface area contributed by atoms with Crippen LogP contribution in [0.1, 0.15) is 16.8 Å². The molecule has 0 radical (unpaired) electrons. The van der Waals surface area contributed by atoms with Crippen molar-refractivity contribution in [1.29, 1.82) is 0 Å². The number of amidine groups is 1. The molecular weight excluding hydrogens is 194 g/mol. The van der Waals surface area contributed by atoms with Crippen molar-refractivity contribution in [3.63, 3.8) is 0 Å². The van der Waals surface area contributed by atoms with Gasteiger partial charge in [-0.1, -0.05) is 6.07 Å². The molecule has 1 aliphatic rings. The van der Waals surface area contributed by atoms with Gasteiger partial charge in [-0.3, -0.25) is 5.01 Å². The molecular formula is C10H11N3O2. The Morgan fingerprint density at radius 1 is 1.53 bits per heavy atom. The van der Waals surface area contributed by atoms with E-state index >= 15 is 0 Å². The van der Waals surface area contributed by atoms with Gasteiger partial charge in [-0.05, 0) is 18.2 Å². The first-order valence-electron chi connectivity index (χ1n) is 4.60. The minimum absolute atomic E-state index is 0.258. The molecule has 1 aliphatic heterocycles. The number of hydrazone groups is 1. The molecule has 0 saturated carbocycles. The Hall–Kier alpha value is -2.04. The lowest BCUT2D eigenvalue weighted by atomic mass is 10.2. The zero-order valence-corrected chi connectivity index (χ0v) is 8.05. The number of nitrogens with zero attached hydrogens (tertiary/aromatic N) is 2. The van der Waals surface area contributed by atoms with Crippen LogP contribution in [0, 0.1) is 0 Å². The van der Waals surface area contributed by atoms with Crippen molar-refractivity contribution >= 4 is 17.5 Å². The lowest BCUT2D eigenvalue weighted by Gasteiger charge is -2.13. The normalized spacial score (nSPS) is 15.2. The molecule has 15 heavy (non-hydrogen) atoms. The molecule has 0 amide bonds. The number of aromatic carboxylic acids is 1. The van der Waals surface area contributed by atoms with E-state index in [1.807, 2.05) is 6.07 Å². The van der Waals surface area contributed by atoms with E-state index in [9.17, 15) is 4.79 Å². The van der Waals surface area contributed by atoms with Crippen molar-refractivity contribution in [2.75, 3.05) is 11.6 Å². The van der Waals surface area contributed by atoms with Gasteiger partial charge >= 0.3 is 5.97 Å². The lowest BCUT2D eigenvalue weighted by molar-refractivity contribution is 0.0697. The molecule has 0 aromatic heterocycles. The van der Waals surface area contributed by atoms with Crippen LogP contribution in [-0.4, -0.2) is 23.5 Å². The fourth-order valence-corrected chi connectivity index (χ4v) is 1.46. The summed E-state index contributed by atoms with van der Waals surface area (Å²) in [4.78, 5) is 10.8. The smallest absolute Gasteiger partial charge is 0.335 e. The number of hydrogen-bond acceptors (Lipinski definition) is 4. The van der Waals surface area contributed by atoms with Crippen LogP contribution in [0.4, 0.5) is 5.69 Å². The van der Waals surface area contributed by atoms with E-state index in [2.05, 4.69) is 5.10 Å². The summed E-state index contributed by atoms with van der Waals surface area (Å²) in [5.41, 5.74) is 6.57. The molecule has 78 valence electrons. The Labute approximate surface area is 86.8 Å². The van der Waals surface area contributed by atoms with E-state index in [4.69, 9.17) is 10.8 Å². The number of rotatable bonds is 2. The Morgan fingerprint density at radius 3 is 2.93 bits per heavy atom. The second-order valence-corrected chi connectivity index (χ2v) is 3.32.